The molecule has 2 heterocycles. The van der Waals surface area contributed by atoms with Crippen molar-refractivity contribution >= 4 is 23.9 Å². The fraction of sp³-hybridized carbons (Fsp3) is 0.361. The minimum absolute atomic E-state index is 0.165. The average molecular weight is 623 g/mol. The number of anilines is 1. The summed E-state index contributed by atoms with van der Waals surface area (Å²) in [5.41, 5.74) is 9.42. The van der Waals surface area contributed by atoms with Crippen LogP contribution < -0.4 is 21.1 Å². The van der Waals surface area contributed by atoms with Gasteiger partial charge in [0.25, 0.3) is 5.91 Å². The number of aromatic nitrogens is 3. The monoisotopic (exact) mass is 622 g/mol. The standard InChI is InChI=1S/C36H42N6O4/c1-36(2,3)30-21-27(22-39-33(30)46-34(37)45)25-12-11-13-26(20-25)32(44)41-35-40-28(23-42(35)29-15-8-6-9-16-29)14-7-4-5-10-19-38-31(43)24-17-18-24/h6,8-9,11-13,15-16,20-24H,4-5,7,10,14,17-19H2,1-3H3,(H2,37,45)(H,38,43)(H,40,41,44). The summed E-state index contributed by atoms with van der Waals surface area (Å²) in [5, 5.41) is 6.04. The van der Waals surface area contributed by atoms with E-state index in [9.17, 15) is 14.4 Å². The molecule has 1 fully saturated rings. The predicted octanol–water partition coefficient (Wildman–Crippen LogP) is 6.57. The Balaban J connectivity index is 1.27. The van der Waals surface area contributed by atoms with Crippen LogP contribution in [0.25, 0.3) is 16.8 Å². The number of aryl methyl sites for hydroxylation is 1. The number of para-hydroxylation sites is 1. The molecule has 0 unspecified atom stereocenters. The van der Waals surface area contributed by atoms with Crippen LogP contribution in [0.3, 0.4) is 0 Å². The highest BCUT2D eigenvalue weighted by Crippen LogP contribution is 2.34. The normalized spacial score (nSPS) is 12.8. The van der Waals surface area contributed by atoms with E-state index in [1.54, 1.807) is 18.3 Å². The van der Waals surface area contributed by atoms with Gasteiger partial charge in [0, 0.05) is 47.2 Å². The summed E-state index contributed by atoms with van der Waals surface area (Å²) >= 11 is 0. The number of hydrogen-bond acceptors (Lipinski definition) is 6. The van der Waals surface area contributed by atoms with E-state index < -0.39 is 6.09 Å². The van der Waals surface area contributed by atoms with Crippen molar-refractivity contribution in [3.05, 3.63) is 89.9 Å². The number of unbranched alkanes of at least 4 members (excludes halogenated alkanes) is 3. The number of benzene rings is 2. The number of pyridine rings is 1. The Morgan fingerprint density at radius 2 is 1.72 bits per heavy atom. The molecule has 5 rings (SSSR count). The van der Waals surface area contributed by atoms with Gasteiger partial charge in [-0.2, -0.15) is 0 Å². The zero-order valence-corrected chi connectivity index (χ0v) is 26.7. The molecule has 46 heavy (non-hydrogen) atoms. The molecular weight excluding hydrogens is 580 g/mol. The molecular formula is C36H42N6O4. The SMILES string of the molecule is CC(C)(C)c1cc(-c2cccc(C(=O)Nc3nc(CCCCCCNC(=O)C4CC4)cn3-c3ccccc3)c2)cnc1OC(N)=O. The fourth-order valence-electron chi connectivity index (χ4n) is 5.25. The number of carbonyl (C=O) groups excluding carboxylic acids is 3. The van der Waals surface area contributed by atoms with E-state index in [0.29, 0.717) is 11.5 Å². The number of hydrogen-bond donors (Lipinski definition) is 3. The van der Waals surface area contributed by atoms with Crippen molar-refractivity contribution in [3.8, 4) is 22.7 Å². The smallest absolute Gasteiger partial charge is 0.391 e. The lowest BCUT2D eigenvalue weighted by molar-refractivity contribution is -0.122. The Labute approximate surface area is 269 Å². The molecule has 10 nitrogen and oxygen atoms in total. The molecule has 4 aromatic rings. The molecule has 0 aliphatic heterocycles. The molecule has 0 spiro atoms. The first-order valence-corrected chi connectivity index (χ1v) is 15.9. The first kappa shape index (κ1) is 32.4. The Kier molecular flexibility index (Phi) is 10.1. The molecule has 1 aliphatic carbocycles. The molecule has 240 valence electrons. The van der Waals surface area contributed by atoms with Gasteiger partial charge in [-0.15, -0.1) is 0 Å². The molecule has 2 aromatic heterocycles. The lowest BCUT2D eigenvalue weighted by Gasteiger charge is -2.22. The van der Waals surface area contributed by atoms with Gasteiger partial charge >= 0.3 is 6.09 Å². The van der Waals surface area contributed by atoms with Gasteiger partial charge < -0.3 is 15.8 Å². The lowest BCUT2D eigenvalue weighted by atomic mass is 9.86. The number of primary amides is 1. The molecule has 1 aliphatic rings. The zero-order valence-electron chi connectivity index (χ0n) is 26.7. The molecule has 0 radical (unpaired) electrons. The number of ether oxygens (including phenoxy) is 1. The number of rotatable bonds is 13. The second-order valence-corrected chi connectivity index (χ2v) is 12.8. The summed E-state index contributed by atoms with van der Waals surface area (Å²) in [6.45, 7) is 6.71. The Morgan fingerprint density at radius 1 is 0.957 bits per heavy atom. The number of imidazole rings is 1. The van der Waals surface area contributed by atoms with Crippen molar-refractivity contribution in [2.45, 2.75) is 71.1 Å². The number of amides is 3. The third-order valence-corrected chi connectivity index (χ3v) is 7.94. The number of carbonyl (C=O) groups is 3. The molecule has 2 aromatic carbocycles. The maximum absolute atomic E-state index is 13.6. The van der Waals surface area contributed by atoms with Gasteiger partial charge in [0.05, 0.1) is 5.69 Å². The molecule has 1 saturated carbocycles. The zero-order chi connectivity index (χ0) is 32.7. The van der Waals surface area contributed by atoms with E-state index in [0.717, 1.165) is 79.6 Å². The lowest BCUT2D eigenvalue weighted by Crippen LogP contribution is -2.25. The fourth-order valence-corrected chi connectivity index (χ4v) is 5.25. The summed E-state index contributed by atoms with van der Waals surface area (Å²) in [4.78, 5) is 45.9. The second kappa shape index (κ2) is 14.4. The van der Waals surface area contributed by atoms with Crippen LogP contribution in [0.15, 0.2) is 73.1 Å². The van der Waals surface area contributed by atoms with Crippen LogP contribution in [0, 0.1) is 5.92 Å². The minimum Gasteiger partial charge on any atom is -0.391 e. The molecule has 4 N–H and O–H groups in total. The molecule has 0 saturated heterocycles. The van der Waals surface area contributed by atoms with Crippen LogP contribution in [0.4, 0.5) is 10.7 Å². The van der Waals surface area contributed by atoms with Gasteiger partial charge in [-0.05, 0) is 73.4 Å². The van der Waals surface area contributed by atoms with Gasteiger partial charge in [0.1, 0.15) is 0 Å². The van der Waals surface area contributed by atoms with Crippen molar-refractivity contribution in [1.82, 2.24) is 19.9 Å². The summed E-state index contributed by atoms with van der Waals surface area (Å²) in [7, 11) is 0. The summed E-state index contributed by atoms with van der Waals surface area (Å²) < 4.78 is 7.05. The predicted molar refractivity (Wildman–Crippen MR) is 178 cm³/mol. The maximum atomic E-state index is 13.6. The molecule has 0 atom stereocenters. The van der Waals surface area contributed by atoms with E-state index >= 15 is 0 Å². The van der Waals surface area contributed by atoms with Gasteiger partial charge in [0.15, 0.2) is 0 Å². The third kappa shape index (κ3) is 8.59. The van der Waals surface area contributed by atoms with Crippen LogP contribution in [-0.4, -0.2) is 39.0 Å². The van der Waals surface area contributed by atoms with Crippen LogP contribution in [0.2, 0.25) is 0 Å². The van der Waals surface area contributed by atoms with Gasteiger partial charge in [0.2, 0.25) is 17.7 Å². The second-order valence-electron chi connectivity index (χ2n) is 12.8. The first-order valence-electron chi connectivity index (χ1n) is 15.9. The largest absolute Gasteiger partial charge is 0.411 e. The molecule has 10 heteroatoms. The Morgan fingerprint density at radius 3 is 2.43 bits per heavy atom. The Hall–Kier alpha value is -4.99. The average Bonchev–Trinajstić information content (AvgIpc) is 3.81. The quantitative estimate of drug-likeness (QED) is 0.144. The summed E-state index contributed by atoms with van der Waals surface area (Å²) in [6.07, 6.45) is 9.50. The van der Waals surface area contributed by atoms with Crippen molar-refractivity contribution in [3.63, 3.8) is 0 Å². The molecule has 3 amide bonds. The summed E-state index contributed by atoms with van der Waals surface area (Å²) in [6, 6.07) is 19.0. The van der Waals surface area contributed by atoms with E-state index in [1.165, 1.54) is 0 Å². The number of nitrogens with one attached hydrogen (secondary N) is 2. The highest BCUT2D eigenvalue weighted by atomic mass is 16.6. The van der Waals surface area contributed by atoms with Gasteiger partial charge in [-0.1, -0.05) is 63.9 Å². The number of nitrogens with zero attached hydrogens (tertiary/aromatic N) is 3. The Bertz CT molecular complexity index is 1690. The van der Waals surface area contributed by atoms with E-state index in [4.69, 9.17) is 15.5 Å². The molecule has 0 bridgehead atoms. The van der Waals surface area contributed by atoms with Gasteiger partial charge in [-0.25, -0.2) is 14.8 Å². The third-order valence-electron chi connectivity index (χ3n) is 7.94. The topological polar surface area (TPSA) is 141 Å². The summed E-state index contributed by atoms with van der Waals surface area (Å²) in [5.74, 6) is 0.774. The number of nitrogens with two attached hydrogens (primary N) is 1. The van der Waals surface area contributed by atoms with Crippen LogP contribution in [0.1, 0.15) is 80.9 Å². The van der Waals surface area contributed by atoms with E-state index in [1.807, 2.05) is 80.1 Å². The van der Waals surface area contributed by atoms with Crippen molar-refractivity contribution in [1.29, 1.82) is 0 Å². The van der Waals surface area contributed by atoms with E-state index in [-0.39, 0.29) is 29.0 Å². The van der Waals surface area contributed by atoms with Crippen LogP contribution in [-0.2, 0) is 16.6 Å². The van der Waals surface area contributed by atoms with Crippen LogP contribution in [0.5, 0.6) is 5.88 Å². The van der Waals surface area contributed by atoms with Crippen molar-refractivity contribution in [2.24, 2.45) is 11.7 Å². The first-order chi connectivity index (χ1) is 22.1. The van der Waals surface area contributed by atoms with E-state index in [2.05, 4.69) is 15.6 Å². The minimum atomic E-state index is -0.924. The van der Waals surface area contributed by atoms with Crippen molar-refractivity contribution in [2.75, 3.05) is 11.9 Å². The maximum Gasteiger partial charge on any atom is 0.411 e. The van der Waals surface area contributed by atoms with Gasteiger partial charge in [-0.3, -0.25) is 19.5 Å². The van der Waals surface area contributed by atoms with Crippen LogP contribution >= 0.6 is 0 Å². The van der Waals surface area contributed by atoms with Crippen molar-refractivity contribution < 1.29 is 19.1 Å². The highest BCUT2D eigenvalue weighted by molar-refractivity contribution is 6.04. The highest BCUT2D eigenvalue weighted by Gasteiger charge is 2.29.